The maximum Gasteiger partial charge on any atom is 0.219 e. The van der Waals surface area contributed by atoms with Gasteiger partial charge in [-0.05, 0) is 53.7 Å². The van der Waals surface area contributed by atoms with Crippen molar-refractivity contribution in [3.63, 3.8) is 0 Å². The Morgan fingerprint density at radius 2 is 2.04 bits per heavy atom. The van der Waals surface area contributed by atoms with Gasteiger partial charge >= 0.3 is 0 Å². The van der Waals surface area contributed by atoms with Crippen LogP contribution in [0.1, 0.15) is 11.1 Å². The number of nitrogens with one attached hydrogen (secondary N) is 1. The van der Waals surface area contributed by atoms with Gasteiger partial charge in [0.25, 0.3) is 0 Å². The first-order chi connectivity index (χ1) is 13.7. The van der Waals surface area contributed by atoms with Crippen molar-refractivity contribution in [2.75, 3.05) is 0 Å². The third kappa shape index (κ3) is 4.05. The zero-order valence-corrected chi connectivity index (χ0v) is 16.2. The second-order valence-electron chi connectivity index (χ2n) is 5.85. The average Bonchev–Trinajstić information content (AvgIpc) is 3.36. The average molecular weight is 411 g/mol. The van der Waals surface area contributed by atoms with Crippen molar-refractivity contribution in [2.45, 2.75) is 6.61 Å². The number of benzene rings is 2. The molecule has 0 unspecified atom stereocenters. The summed E-state index contributed by atoms with van der Waals surface area (Å²) in [5.74, 6) is 1.66. The number of rotatable bonds is 6. The first-order valence-corrected chi connectivity index (χ1v) is 9.21. The SMILES string of the molecule is S=c1[nH]nc(-c2ccco2)n1/N=C\c1ccc(OCc2ccccc2)c(Cl)c1. The molecule has 4 aromatic rings. The molecular formula is C20H15ClN4O2S. The summed E-state index contributed by atoms with van der Waals surface area (Å²) in [6.07, 6.45) is 3.21. The van der Waals surface area contributed by atoms with Gasteiger partial charge in [-0.15, -0.1) is 5.10 Å². The molecule has 2 aromatic heterocycles. The van der Waals surface area contributed by atoms with E-state index in [0.717, 1.165) is 11.1 Å². The predicted octanol–water partition coefficient (Wildman–Crippen LogP) is 5.32. The Morgan fingerprint density at radius 3 is 2.79 bits per heavy atom. The normalized spacial score (nSPS) is 11.2. The van der Waals surface area contributed by atoms with Crippen molar-refractivity contribution in [3.05, 3.63) is 87.8 Å². The third-order valence-electron chi connectivity index (χ3n) is 3.91. The molecule has 0 radical (unpaired) electrons. The highest BCUT2D eigenvalue weighted by atomic mass is 35.5. The number of furan rings is 1. The summed E-state index contributed by atoms with van der Waals surface area (Å²) in [5, 5.41) is 11.8. The van der Waals surface area contributed by atoms with Crippen LogP contribution in [0, 0.1) is 4.77 Å². The number of hydrogen-bond donors (Lipinski definition) is 1. The van der Waals surface area contributed by atoms with Crippen LogP contribution in [0.3, 0.4) is 0 Å². The topological polar surface area (TPSA) is 68.3 Å². The lowest BCUT2D eigenvalue weighted by molar-refractivity contribution is 0.306. The van der Waals surface area contributed by atoms with Crippen LogP contribution < -0.4 is 4.74 Å². The van der Waals surface area contributed by atoms with Crippen molar-refractivity contribution < 1.29 is 9.15 Å². The van der Waals surface area contributed by atoms with Crippen molar-refractivity contribution >= 4 is 30.0 Å². The lowest BCUT2D eigenvalue weighted by atomic mass is 10.2. The lowest BCUT2D eigenvalue weighted by Gasteiger charge is -2.08. The molecule has 28 heavy (non-hydrogen) atoms. The maximum atomic E-state index is 6.35. The number of ether oxygens (including phenoxy) is 1. The zero-order chi connectivity index (χ0) is 19.3. The molecule has 0 aliphatic carbocycles. The van der Waals surface area contributed by atoms with Gasteiger partial charge in [0, 0.05) is 0 Å². The largest absolute Gasteiger partial charge is 0.487 e. The molecule has 2 heterocycles. The van der Waals surface area contributed by atoms with E-state index in [0.29, 0.717) is 33.7 Å². The summed E-state index contributed by atoms with van der Waals surface area (Å²) in [7, 11) is 0. The molecule has 0 amide bonds. The first kappa shape index (κ1) is 18.2. The van der Waals surface area contributed by atoms with Crippen LogP contribution in [-0.4, -0.2) is 21.1 Å². The molecule has 2 aromatic carbocycles. The molecule has 0 spiro atoms. The predicted molar refractivity (Wildman–Crippen MR) is 110 cm³/mol. The minimum absolute atomic E-state index is 0.358. The molecule has 6 nitrogen and oxygen atoms in total. The summed E-state index contributed by atoms with van der Waals surface area (Å²) in [5.41, 5.74) is 1.87. The van der Waals surface area contributed by atoms with E-state index < -0.39 is 0 Å². The molecule has 0 aliphatic heterocycles. The van der Waals surface area contributed by atoms with Crippen molar-refractivity contribution in [3.8, 4) is 17.3 Å². The fourth-order valence-corrected chi connectivity index (χ4v) is 2.96. The highest BCUT2D eigenvalue weighted by Crippen LogP contribution is 2.26. The Labute approximate surface area is 171 Å². The monoisotopic (exact) mass is 410 g/mol. The molecule has 0 saturated heterocycles. The van der Waals surface area contributed by atoms with Gasteiger partial charge in [0.05, 0.1) is 17.5 Å². The fourth-order valence-electron chi connectivity index (χ4n) is 2.54. The van der Waals surface area contributed by atoms with Crippen molar-refractivity contribution in [2.24, 2.45) is 5.10 Å². The maximum absolute atomic E-state index is 6.35. The van der Waals surface area contributed by atoms with Crippen molar-refractivity contribution in [1.82, 2.24) is 14.9 Å². The van der Waals surface area contributed by atoms with Crippen LogP contribution in [0.2, 0.25) is 5.02 Å². The van der Waals surface area contributed by atoms with E-state index >= 15 is 0 Å². The van der Waals surface area contributed by atoms with E-state index in [1.807, 2.05) is 42.5 Å². The number of halogens is 1. The number of H-pyrrole nitrogens is 1. The summed E-state index contributed by atoms with van der Waals surface area (Å²) >= 11 is 11.6. The number of nitrogens with zero attached hydrogens (tertiary/aromatic N) is 3. The van der Waals surface area contributed by atoms with E-state index in [2.05, 4.69) is 15.3 Å². The van der Waals surface area contributed by atoms with Crippen LogP contribution in [0.15, 0.2) is 76.4 Å². The molecule has 8 heteroatoms. The van der Waals surface area contributed by atoms with Crippen LogP contribution in [-0.2, 0) is 6.61 Å². The summed E-state index contributed by atoms with van der Waals surface area (Å²) in [6, 6.07) is 18.9. The Bertz CT molecular complexity index is 1150. The summed E-state index contributed by atoms with van der Waals surface area (Å²) in [4.78, 5) is 0. The Kier molecular flexibility index (Phi) is 5.36. The van der Waals surface area contributed by atoms with Gasteiger partial charge in [-0.3, -0.25) is 0 Å². The van der Waals surface area contributed by atoms with Gasteiger partial charge in [-0.25, -0.2) is 5.10 Å². The molecule has 0 saturated carbocycles. The molecule has 0 aliphatic rings. The smallest absolute Gasteiger partial charge is 0.219 e. The van der Waals surface area contributed by atoms with Gasteiger partial charge in [0.15, 0.2) is 5.76 Å². The van der Waals surface area contributed by atoms with E-state index in [9.17, 15) is 0 Å². The first-order valence-electron chi connectivity index (χ1n) is 8.42. The van der Waals surface area contributed by atoms with Crippen molar-refractivity contribution in [1.29, 1.82) is 0 Å². The van der Waals surface area contributed by atoms with Gasteiger partial charge in [0.2, 0.25) is 10.6 Å². The number of hydrogen-bond acceptors (Lipinski definition) is 5. The van der Waals surface area contributed by atoms with Crippen LogP contribution >= 0.6 is 23.8 Å². The highest BCUT2D eigenvalue weighted by Gasteiger charge is 2.10. The van der Waals surface area contributed by atoms with Crippen LogP contribution in [0.4, 0.5) is 0 Å². The second-order valence-corrected chi connectivity index (χ2v) is 6.64. The van der Waals surface area contributed by atoms with Crippen LogP contribution in [0.5, 0.6) is 5.75 Å². The van der Waals surface area contributed by atoms with Gasteiger partial charge in [-0.2, -0.15) is 9.78 Å². The highest BCUT2D eigenvalue weighted by molar-refractivity contribution is 7.71. The van der Waals surface area contributed by atoms with E-state index in [-0.39, 0.29) is 0 Å². The molecule has 1 N–H and O–H groups in total. The fraction of sp³-hybridized carbons (Fsp3) is 0.0500. The number of aromatic nitrogens is 3. The van der Waals surface area contributed by atoms with E-state index in [4.69, 9.17) is 33.0 Å². The Balaban J connectivity index is 1.51. The second kappa shape index (κ2) is 8.24. The minimum Gasteiger partial charge on any atom is -0.487 e. The van der Waals surface area contributed by atoms with Gasteiger partial charge in [-0.1, -0.05) is 41.9 Å². The molecule has 4 rings (SSSR count). The minimum atomic E-state index is 0.358. The van der Waals surface area contributed by atoms with Crippen LogP contribution in [0.25, 0.3) is 11.6 Å². The van der Waals surface area contributed by atoms with Gasteiger partial charge < -0.3 is 9.15 Å². The standard InChI is InChI=1S/C20H15ClN4O2S/c21-16-11-15(8-9-17(16)27-13-14-5-2-1-3-6-14)12-22-25-19(23-24-20(25)28)18-7-4-10-26-18/h1-12H,13H2,(H,24,28)/b22-12-. The Hall–Kier alpha value is -3.16. The molecule has 0 atom stereocenters. The summed E-state index contributed by atoms with van der Waals surface area (Å²) < 4.78 is 13.0. The zero-order valence-electron chi connectivity index (χ0n) is 14.6. The van der Waals surface area contributed by atoms with E-state index in [1.54, 1.807) is 30.7 Å². The molecule has 0 bridgehead atoms. The third-order valence-corrected chi connectivity index (χ3v) is 4.47. The summed E-state index contributed by atoms with van der Waals surface area (Å²) in [6.45, 7) is 0.449. The van der Waals surface area contributed by atoms with E-state index in [1.165, 1.54) is 4.68 Å². The Morgan fingerprint density at radius 1 is 1.18 bits per heavy atom. The quantitative estimate of drug-likeness (QED) is 0.345. The molecule has 0 fully saturated rings. The lowest BCUT2D eigenvalue weighted by Crippen LogP contribution is -1.97. The number of aromatic amines is 1. The molecular weight excluding hydrogens is 396 g/mol. The molecule has 140 valence electrons. The van der Waals surface area contributed by atoms with Gasteiger partial charge in [0.1, 0.15) is 12.4 Å².